The van der Waals surface area contributed by atoms with E-state index in [0.29, 0.717) is 4.88 Å². The maximum Gasteiger partial charge on any atom is 0.261 e. The average Bonchev–Trinajstić information content (AvgIpc) is 2.82. The first-order chi connectivity index (χ1) is 8.88. The molecule has 0 bridgehead atoms. The SMILES string of the molecule is Cc1nc(C)c(C(C)NC(=O)c2cc(Br)c(Br)s2)s1. The predicted molar refractivity (Wildman–Crippen MR) is 87.2 cm³/mol. The van der Waals surface area contributed by atoms with E-state index in [2.05, 4.69) is 42.2 Å². The first-order valence-electron chi connectivity index (χ1n) is 5.58. The third-order valence-corrected chi connectivity index (χ3v) is 7.06. The van der Waals surface area contributed by atoms with Crippen LogP contribution in [0.25, 0.3) is 0 Å². The van der Waals surface area contributed by atoms with Gasteiger partial charge in [-0.3, -0.25) is 4.79 Å². The highest BCUT2D eigenvalue weighted by molar-refractivity contribution is 9.13. The van der Waals surface area contributed by atoms with Gasteiger partial charge in [-0.05, 0) is 58.7 Å². The van der Waals surface area contributed by atoms with Crippen LogP contribution in [0.2, 0.25) is 0 Å². The molecular formula is C12H12Br2N2OS2. The molecule has 1 N–H and O–H groups in total. The summed E-state index contributed by atoms with van der Waals surface area (Å²) in [5.41, 5.74) is 0.990. The molecule has 2 rings (SSSR count). The molecule has 1 amide bonds. The molecule has 2 aromatic rings. The summed E-state index contributed by atoms with van der Waals surface area (Å²) in [7, 11) is 0. The number of hydrogen-bond donors (Lipinski definition) is 1. The summed E-state index contributed by atoms with van der Waals surface area (Å²) in [6, 6.07) is 1.79. The number of carbonyl (C=O) groups is 1. The molecule has 2 heterocycles. The monoisotopic (exact) mass is 422 g/mol. The Kier molecular flexibility index (Phi) is 4.81. The van der Waals surface area contributed by atoms with Gasteiger partial charge in [0.15, 0.2) is 0 Å². The van der Waals surface area contributed by atoms with Gasteiger partial charge in [0.25, 0.3) is 5.91 Å². The van der Waals surface area contributed by atoms with Gasteiger partial charge in [-0.25, -0.2) is 4.98 Å². The number of carbonyl (C=O) groups excluding carboxylic acids is 1. The molecule has 1 unspecified atom stereocenters. The quantitative estimate of drug-likeness (QED) is 0.767. The highest BCUT2D eigenvalue weighted by atomic mass is 79.9. The molecule has 0 aromatic carbocycles. The van der Waals surface area contributed by atoms with Crippen molar-refractivity contribution in [3.05, 3.63) is 34.8 Å². The molecule has 3 nitrogen and oxygen atoms in total. The van der Waals surface area contributed by atoms with Gasteiger partial charge in [-0.15, -0.1) is 22.7 Å². The van der Waals surface area contributed by atoms with E-state index in [0.717, 1.165) is 23.8 Å². The van der Waals surface area contributed by atoms with Crippen LogP contribution in [0, 0.1) is 13.8 Å². The van der Waals surface area contributed by atoms with Crippen molar-refractivity contribution < 1.29 is 4.79 Å². The van der Waals surface area contributed by atoms with Crippen LogP contribution in [0.4, 0.5) is 0 Å². The molecule has 7 heteroatoms. The van der Waals surface area contributed by atoms with Gasteiger partial charge >= 0.3 is 0 Å². The zero-order chi connectivity index (χ0) is 14.2. The van der Waals surface area contributed by atoms with Crippen molar-refractivity contribution in [1.29, 1.82) is 0 Å². The Morgan fingerprint density at radius 2 is 2.05 bits per heavy atom. The summed E-state index contributed by atoms with van der Waals surface area (Å²) in [6.07, 6.45) is 0. The van der Waals surface area contributed by atoms with Gasteiger partial charge in [0.05, 0.1) is 25.4 Å². The number of thiazole rings is 1. The maximum absolute atomic E-state index is 12.2. The lowest BCUT2D eigenvalue weighted by Gasteiger charge is -2.11. The molecule has 0 spiro atoms. The van der Waals surface area contributed by atoms with Gasteiger partial charge in [-0.2, -0.15) is 0 Å². The zero-order valence-electron chi connectivity index (χ0n) is 10.6. The summed E-state index contributed by atoms with van der Waals surface area (Å²) in [6.45, 7) is 5.93. The van der Waals surface area contributed by atoms with Crippen molar-refractivity contribution in [3.8, 4) is 0 Å². The van der Waals surface area contributed by atoms with E-state index in [1.54, 1.807) is 11.3 Å². The van der Waals surface area contributed by atoms with Crippen LogP contribution in [0.1, 0.15) is 38.2 Å². The number of halogens is 2. The highest BCUT2D eigenvalue weighted by Gasteiger charge is 2.18. The summed E-state index contributed by atoms with van der Waals surface area (Å²) < 4.78 is 1.83. The molecule has 102 valence electrons. The van der Waals surface area contributed by atoms with E-state index in [9.17, 15) is 4.79 Å². The minimum atomic E-state index is -0.0608. The normalized spacial score (nSPS) is 12.5. The van der Waals surface area contributed by atoms with Crippen LogP contribution < -0.4 is 5.32 Å². The molecule has 0 saturated heterocycles. The fourth-order valence-corrected chi connectivity index (χ4v) is 4.61. The lowest BCUT2D eigenvalue weighted by atomic mass is 10.2. The summed E-state index contributed by atoms with van der Waals surface area (Å²) in [5.74, 6) is -0.0608. The fourth-order valence-electron chi connectivity index (χ4n) is 1.74. The number of nitrogens with one attached hydrogen (secondary N) is 1. The molecular weight excluding hydrogens is 412 g/mol. The number of rotatable bonds is 3. The van der Waals surface area contributed by atoms with Crippen LogP contribution in [0.3, 0.4) is 0 Å². The van der Waals surface area contributed by atoms with Gasteiger partial charge in [0, 0.05) is 9.35 Å². The first kappa shape index (κ1) is 15.2. The van der Waals surface area contributed by atoms with Crippen LogP contribution in [0.5, 0.6) is 0 Å². The van der Waals surface area contributed by atoms with E-state index in [-0.39, 0.29) is 11.9 Å². The zero-order valence-corrected chi connectivity index (χ0v) is 15.4. The van der Waals surface area contributed by atoms with Crippen LogP contribution in [-0.4, -0.2) is 10.9 Å². The topological polar surface area (TPSA) is 42.0 Å². The van der Waals surface area contributed by atoms with Gasteiger partial charge in [0.2, 0.25) is 0 Å². The lowest BCUT2D eigenvalue weighted by molar-refractivity contribution is 0.0944. The van der Waals surface area contributed by atoms with Gasteiger partial charge < -0.3 is 5.32 Å². The van der Waals surface area contributed by atoms with Crippen molar-refractivity contribution in [1.82, 2.24) is 10.3 Å². The molecule has 0 aliphatic carbocycles. The summed E-state index contributed by atoms with van der Waals surface area (Å²) in [5, 5.41) is 4.03. The second-order valence-corrected chi connectivity index (χ2v) is 8.57. The van der Waals surface area contributed by atoms with Crippen LogP contribution in [0.15, 0.2) is 14.3 Å². The third-order valence-electron chi connectivity index (χ3n) is 2.55. The molecule has 0 aliphatic rings. The van der Waals surface area contributed by atoms with Crippen molar-refractivity contribution in [2.45, 2.75) is 26.8 Å². The van der Waals surface area contributed by atoms with E-state index in [1.807, 2.05) is 26.8 Å². The van der Waals surface area contributed by atoms with E-state index >= 15 is 0 Å². The summed E-state index contributed by atoms with van der Waals surface area (Å²) >= 11 is 9.82. The second-order valence-electron chi connectivity index (χ2n) is 4.11. The number of hydrogen-bond acceptors (Lipinski definition) is 4. The smallest absolute Gasteiger partial charge is 0.261 e. The fraction of sp³-hybridized carbons (Fsp3) is 0.333. The highest BCUT2D eigenvalue weighted by Crippen LogP contribution is 2.33. The first-order valence-corrected chi connectivity index (χ1v) is 8.80. The Morgan fingerprint density at radius 1 is 1.37 bits per heavy atom. The van der Waals surface area contributed by atoms with Crippen molar-refractivity contribution in [2.24, 2.45) is 0 Å². The molecule has 2 aromatic heterocycles. The Hall–Kier alpha value is -0.240. The Bertz CT molecular complexity index is 602. The number of aromatic nitrogens is 1. The van der Waals surface area contributed by atoms with E-state index < -0.39 is 0 Å². The minimum absolute atomic E-state index is 0.0293. The standard InChI is InChI=1S/C12H12Br2N2OS2/c1-5-10(18-7(3)15-5)6(2)16-12(17)9-4-8(13)11(14)19-9/h4,6H,1-3H3,(H,16,17). The lowest BCUT2D eigenvalue weighted by Crippen LogP contribution is -2.25. The van der Waals surface area contributed by atoms with Crippen molar-refractivity contribution >= 4 is 60.4 Å². The molecule has 0 aliphatic heterocycles. The summed E-state index contributed by atoms with van der Waals surface area (Å²) in [4.78, 5) is 18.3. The Balaban J connectivity index is 2.12. The third kappa shape index (κ3) is 3.45. The maximum atomic E-state index is 12.2. The van der Waals surface area contributed by atoms with E-state index in [1.165, 1.54) is 11.3 Å². The largest absolute Gasteiger partial charge is 0.344 e. The number of thiophene rings is 1. The van der Waals surface area contributed by atoms with Gasteiger partial charge in [-0.1, -0.05) is 0 Å². The van der Waals surface area contributed by atoms with Crippen LogP contribution >= 0.6 is 54.5 Å². The molecule has 0 fully saturated rings. The molecule has 0 saturated carbocycles. The average molecular weight is 424 g/mol. The Labute approximate surface area is 136 Å². The number of aryl methyl sites for hydroxylation is 2. The molecule has 0 radical (unpaired) electrons. The van der Waals surface area contributed by atoms with Crippen molar-refractivity contribution in [3.63, 3.8) is 0 Å². The van der Waals surface area contributed by atoms with E-state index in [4.69, 9.17) is 0 Å². The molecule has 1 atom stereocenters. The second kappa shape index (κ2) is 6.03. The number of nitrogens with zero attached hydrogens (tertiary/aromatic N) is 1. The van der Waals surface area contributed by atoms with Gasteiger partial charge in [0.1, 0.15) is 0 Å². The number of amides is 1. The Morgan fingerprint density at radius 3 is 2.53 bits per heavy atom. The minimum Gasteiger partial charge on any atom is -0.344 e. The van der Waals surface area contributed by atoms with Crippen LogP contribution in [-0.2, 0) is 0 Å². The predicted octanol–water partition coefficient (Wildman–Crippen LogP) is 4.84. The van der Waals surface area contributed by atoms with Crippen molar-refractivity contribution in [2.75, 3.05) is 0 Å². The molecule has 19 heavy (non-hydrogen) atoms.